The highest BCUT2D eigenvalue weighted by atomic mass is 79.9. The van der Waals surface area contributed by atoms with E-state index in [2.05, 4.69) is 28.0 Å². The number of benzene rings is 1. The molecule has 0 spiro atoms. The van der Waals surface area contributed by atoms with Crippen molar-refractivity contribution in [3.8, 4) is 0 Å². The lowest BCUT2D eigenvalue weighted by atomic mass is 10.2. The smallest absolute Gasteiger partial charge is 0.335 e. The van der Waals surface area contributed by atoms with Crippen LogP contribution < -0.4 is 0 Å². The summed E-state index contributed by atoms with van der Waals surface area (Å²) in [5.41, 5.74) is 2.50. The van der Waals surface area contributed by atoms with Gasteiger partial charge >= 0.3 is 5.97 Å². The van der Waals surface area contributed by atoms with Crippen molar-refractivity contribution in [1.29, 1.82) is 0 Å². The van der Waals surface area contributed by atoms with Crippen LogP contribution in [0.1, 0.15) is 28.7 Å². The van der Waals surface area contributed by atoms with Crippen molar-refractivity contribution in [2.75, 3.05) is 0 Å². The number of hydrogen-bond acceptors (Lipinski definition) is 3. The van der Waals surface area contributed by atoms with Crippen LogP contribution in [-0.2, 0) is 19.2 Å². The maximum absolute atomic E-state index is 10.8. The summed E-state index contributed by atoms with van der Waals surface area (Å²) in [7, 11) is 1.94. The zero-order valence-electron chi connectivity index (χ0n) is 11.3. The Labute approximate surface area is 130 Å². The van der Waals surface area contributed by atoms with Crippen LogP contribution in [0, 0.1) is 0 Å². The number of hydrogen-bond donors (Lipinski definition) is 1. The maximum Gasteiger partial charge on any atom is 0.335 e. The summed E-state index contributed by atoms with van der Waals surface area (Å²) in [5.74, 6) is -0.111. The molecule has 6 heteroatoms. The van der Waals surface area contributed by atoms with Crippen molar-refractivity contribution in [3.63, 3.8) is 0 Å². The first-order chi connectivity index (χ1) is 9.52. The SMILES string of the molecule is CCc1nn(C)c(CSc2ccc(C(=O)O)cc2)c1Br. The Hall–Kier alpha value is -1.27. The van der Waals surface area contributed by atoms with Gasteiger partial charge in [0.05, 0.1) is 21.4 Å². The molecule has 0 aliphatic heterocycles. The fraction of sp³-hybridized carbons (Fsp3) is 0.286. The van der Waals surface area contributed by atoms with Crippen LogP contribution in [0.5, 0.6) is 0 Å². The molecule has 106 valence electrons. The number of rotatable bonds is 5. The summed E-state index contributed by atoms with van der Waals surface area (Å²) in [5, 5.41) is 13.3. The molecule has 1 aromatic heterocycles. The summed E-state index contributed by atoms with van der Waals surface area (Å²) in [6, 6.07) is 6.92. The molecule has 0 aliphatic rings. The predicted octanol–water partition coefficient (Wildman–Crippen LogP) is 3.74. The van der Waals surface area contributed by atoms with Crippen LogP contribution in [0.15, 0.2) is 33.6 Å². The van der Waals surface area contributed by atoms with Crippen LogP contribution in [0.2, 0.25) is 0 Å². The number of aromatic carboxylic acids is 1. The standard InChI is InChI=1S/C14H15BrN2O2S/c1-3-11-13(15)12(17(2)16-11)8-20-10-6-4-9(5-7-10)14(18)19/h4-7H,3,8H2,1-2H3,(H,18,19). The Morgan fingerprint density at radius 1 is 1.40 bits per heavy atom. The minimum atomic E-state index is -0.900. The molecule has 1 N–H and O–H groups in total. The molecule has 0 saturated carbocycles. The summed E-state index contributed by atoms with van der Waals surface area (Å²) >= 11 is 5.25. The second-order valence-electron chi connectivity index (χ2n) is 4.30. The number of carboxylic acids is 1. The first-order valence-electron chi connectivity index (χ1n) is 6.19. The van der Waals surface area contributed by atoms with Gasteiger partial charge in [-0.15, -0.1) is 11.8 Å². The van der Waals surface area contributed by atoms with Gasteiger partial charge in [0.15, 0.2) is 0 Å². The van der Waals surface area contributed by atoms with Gasteiger partial charge in [0.1, 0.15) is 0 Å². The topological polar surface area (TPSA) is 55.1 Å². The Kier molecular flexibility index (Phi) is 4.88. The number of halogens is 1. The van der Waals surface area contributed by atoms with Crippen LogP contribution in [0.3, 0.4) is 0 Å². The summed E-state index contributed by atoms with van der Waals surface area (Å²) in [4.78, 5) is 11.8. The van der Waals surface area contributed by atoms with Crippen LogP contribution in [-0.4, -0.2) is 20.9 Å². The molecule has 2 rings (SSSR count). The van der Waals surface area contributed by atoms with Gasteiger partial charge in [-0.05, 0) is 46.6 Å². The summed E-state index contributed by atoms with van der Waals surface area (Å²) < 4.78 is 2.96. The van der Waals surface area contributed by atoms with Crippen molar-refractivity contribution in [2.24, 2.45) is 7.05 Å². The molecule has 0 bridgehead atoms. The molecule has 1 heterocycles. The van der Waals surface area contributed by atoms with Crippen LogP contribution >= 0.6 is 27.7 Å². The van der Waals surface area contributed by atoms with E-state index in [1.54, 1.807) is 23.9 Å². The second-order valence-corrected chi connectivity index (χ2v) is 6.14. The van der Waals surface area contributed by atoms with Gasteiger partial charge < -0.3 is 5.11 Å². The molecule has 0 saturated heterocycles. The highest BCUT2D eigenvalue weighted by molar-refractivity contribution is 9.10. The average molecular weight is 355 g/mol. The molecule has 0 aliphatic carbocycles. The van der Waals surface area contributed by atoms with Crippen molar-refractivity contribution >= 4 is 33.7 Å². The third-order valence-electron chi connectivity index (χ3n) is 2.98. The largest absolute Gasteiger partial charge is 0.478 e. The third-order valence-corrected chi connectivity index (χ3v) is 4.92. The maximum atomic E-state index is 10.8. The van der Waals surface area contributed by atoms with E-state index in [4.69, 9.17) is 5.11 Å². The Morgan fingerprint density at radius 3 is 2.55 bits per heavy atom. The molecule has 0 amide bonds. The fourth-order valence-electron chi connectivity index (χ4n) is 1.82. The minimum Gasteiger partial charge on any atom is -0.478 e. The van der Waals surface area contributed by atoms with Gasteiger partial charge in [-0.2, -0.15) is 5.10 Å². The van der Waals surface area contributed by atoms with Gasteiger partial charge in [0.2, 0.25) is 0 Å². The first kappa shape index (κ1) is 15.1. The Bertz CT molecular complexity index is 623. The number of aromatic nitrogens is 2. The minimum absolute atomic E-state index is 0.310. The van der Waals surface area contributed by atoms with Crippen molar-refractivity contribution in [3.05, 3.63) is 45.7 Å². The molecule has 0 radical (unpaired) electrons. The number of thioether (sulfide) groups is 1. The molecule has 20 heavy (non-hydrogen) atoms. The quantitative estimate of drug-likeness (QED) is 0.831. The van der Waals surface area contributed by atoms with E-state index in [1.807, 2.05) is 23.9 Å². The van der Waals surface area contributed by atoms with E-state index >= 15 is 0 Å². The van der Waals surface area contributed by atoms with Gasteiger partial charge in [-0.25, -0.2) is 4.79 Å². The number of aryl methyl sites for hydroxylation is 2. The van der Waals surface area contributed by atoms with Crippen molar-refractivity contribution < 1.29 is 9.90 Å². The van der Waals surface area contributed by atoms with Gasteiger partial charge in [0, 0.05) is 17.7 Å². The normalized spacial score (nSPS) is 10.8. The highest BCUT2D eigenvalue weighted by Crippen LogP contribution is 2.29. The highest BCUT2D eigenvalue weighted by Gasteiger charge is 2.12. The van der Waals surface area contributed by atoms with E-state index in [1.165, 1.54) is 0 Å². The lowest BCUT2D eigenvalue weighted by Gasteiger charge is -2.04. The lowest BCUT2D eigenvalue weighted by Crippen LogP contribution is -1.97. The van der Waals surface area contributed by atoms with Gasteiger partial charge in [0.25, 0.3) is 0 Å². The molecule has 4 nitrogen and oxygen atoms in total. The van der Waals surface area contributed by atoms with Gasteiger partial charge in [-0.3, -0.25) is 4.68 Å². The molecule has 0 unspecified atom stereocenters. The molecular formula is C14H15BrN2O2S. The Balaban J connectivity index is 2.09. The van der Waals surface area contributed by atoms with Crippen LogP contribution in [0.4, 0.5) is 0 Å². The summed E-state index contributed by atoms with van der Waals surface area (Å²) in [6.07, 6.45) is 0.895. The third kappa shape index (κ3) is 3.24. The molecule has 2 aromatic rings. The number of nitrogens with zero attached hydrogens (tertiary/aromatic N) is 2. The fourth-order valence-corrected chi connectivity index (χ4v) is 3.73. The van der Waals surface area contributed by atoms with Gasteiger partial charge in [-0.1, -0.05) is 6.92 Å². The molecule has 0 fully saturated rings. The zero-order valence-corrected chi connectivity index (χ0v) is 13.7. The lowest BCUT2D eigenvalue weighted by molar-refractivity contribution is 0.0697. The number of carbonyl (C=O) groups is 1. The second kappa shape index (κ2) is 6.45. The van der Waals surface area contributed by atoms with E-state index in [9.17, 15) is 4.79 Å². The van der Waals surface area contributed by atoms with E-state index in [-0.39, 0.29) is 0 Å². The summed E-state index contributed by atoms with van der Waals surface area (Å²) in [6.45, 7) is 2.08. The monoisotopic (exact) mass is 354 g/mol. The first-order valence-corrected chi connectivity index (χ1v) is 7.97. The molecule has 1 aromatic carbocycles. The van der Waals surface area contributed by atoms with E-state index in [0.29, 0.717) is 5.56 Å². The number of carboxylic acid groups (broad SMARTS) is 1. The zero-order chi connectivity index (χ0) is 14.7. The van der Waals surface area contributed by atoms with E-state index in [0.717, 1.165) is 32.9 Å². The van der Waals surface area contributed by atoms with E-state index < -0.39 is 5.97 Å². The van der Waals surface area contributed by atoms with Crippen molar-refractivity contribution in [2.45, 2.75) is 24.0 Å². The molecule has 0 atom stereocenters. The molecular weight excluding hydrogens is 340 g/mol. The van der Waals surface area contributed by atoms with Crippen LogP contribution in [0.25, 0.3) is 0 Å². The van der Waals surface area contributed by atoms with Crippen molar-refractivity contribution in [1.82, 2.24) is 9.78 Å². The average Bonchev–Trinajstić information content (AvgIpc) is 2.71. The predicted molar refractivity (Wildman–Crippen MR) is 83.2 cm³/mol. The Morgan fingerprint density at radius 2 is 2.05 bits per heavy atom.